The Labute approximate surface area is 93.9 Å². The van der Waals surface area contributed by atoms with Gasteiger partial charge in [0, 0.05) is 0 Å². The van der Waals surface area contributed by atoms with Crippen LogP contribution in [0.1, 0.15) is 59.3 Å². The summed E-state index contributed by atoms with van der Waals surface area (Å²) in [6.07, 6.45) is 10.5. The Morgan fingerprint density at radius 3 is 2.80 bits per heavy atom. The van der Waals surface area contributed by atoms with Gasteiger partial charge in [0.2, 0.25) is 0 Å². The van der Waals surface area contributed by atoms with Gasteiger partial charge in [0.1, 0.15) is 0 Å². The molecule has 0 aromatic carbocycles. The van der Waals surface area contributed by atoms with E-state index >= 15 is 0 Å². The van der Waals surface area contributed by atoms with Gasteiger partial charge >= 0.3 is 0 Å². The zero-order valence-corrected chi connectivity index (χ0v) is 10.3. The molecular formula is C14H24O. The van der Waals surface area contributed by atoms with Gasteiger partial charge in [0.25, 0.3) is 0 Å². The molecule has 1 rings (SSSR count). The lowest BCUT2D eigenvalue weighted by atomic mass is 9.82. The lowest BCUT2D eigenvalue weighted by Gasteiger charge is -2.30. The first kappa shape index (κ1) is 12.5. The average molecular weight is 208 g/mol. The van der Waals surface area contributed by atoms with Crippen LogP contribution in [0.15, 0.2) is 23.3 Å². The highest BCUT2D eigenvalue weighted by molar-refractivity contribution is 5.07. The SMILES string of the molecule is CC(C)=CCCC[C@@]1(O)CC=C(C)CC1. The molecule has 1 N–H and O–H groups in total. The van der Waals surface area contributed by atoms with Gasteiger partial charge in [-0.15, -0.1) is 0 Å². The highest BCUT2D eigenvalue weighted by Gasteiger charge is 2.27. The Kier molecular flexibility index (Phi) is 4.59. The molecule has 1 nitrogen and oxygen atoms in total. The number of hydrogen-bond acceptors (Lipinski definition) is 1. The Bertz CT molecular complexity index is 259. The van der Waals surface area contributed by atoms with Crippen molar-refractivity contribution in [3.63, 3.8) is 0 Å². The summed E-state index contributed by atoms with van der Waals surface area (Å²) in [5.41, 5.74) is 2.40. The van der Waals surface area contributed by atoms with E-state index in [1.54, 1.807) is 0 Å². The molecule has 1 heteroatoms. The van der Waals surface area contributed by atoms with Crippen molar-refractivity contribution in [3.05, 3.63) is 23.3 Å². The summed E-state index contributed by atoms with van der Waals surface area (Å²) >= 11 is 0. The lowest BCUT2D eigenvalue weighted by molar-refractivity contribution is 0.0197. The number of unbranched alkanes of at least 4 members (excludes halogenated alkanes) is 1. The van der Waals surface area contributed by atoms with Gasteiger partial charge in [-0.1, -0.05) is 23.3 Å². The minimum absolute atomic E-state index is 0.408. The van der Waals surface area contributed by atoms with Gasteiger partial charge in [0.15, 0.2) is 0 Å². The number of aliphatic hydroxyl groups is 1. The van der Waals surface area contributed by atoms with Crippen LogP contribution in [0.2, 0.25) is 0 Å². The summed E-state index contributed by atoms with van der Waals surface area (Å²) in [4.78, 5) is 0. The molecule has 1 aliphatic rings. The van der Waals surface area contributed by atoms with Gasteiger partial charge < -0.3 is 5.11 Å². The van der Waals surface area contributed by atoms with E-state index in [1.807, 2.05) is 0 Å². The molecule has 0 spiro atoms. The van der Waals surface area contributed by atoms with Crippen molar-refractivity contribution < 1.29 is 5.11 Å². The number of allylic oxidation sites excluding steroid dienone is 3. The van der Waals surface area contributed by atoms with E-state index in [9.17, 15) is 5.11 Å². The minimum Gasteiger partial charge on any atom is -0.390 e. The van der Waals surface area contributed by atoms with Gasteiger partial charge in [0.05, 0.1) is 5.60 Å². The third kappa shape index (κ3) is 4.65. The number of hydrogen-bond donors (Lipinski definition) is 1. The molecule has 0 fully saturated rings. The molecule has 0 amide bonds. The van der Waals surface area contributed by atoms with Crippen LogP contribution >= 0.6 is 0 Å². The highest BCUT2D eigenvalue weighted by Crippen LogP contribution is 2.31. The maximum atomic E-state index is 10.3. The molecule has 0 heterocycles. The fourth-order valence-electron chi connectivity index (χ4n) is 2.05. The van der Waals surface area contributed by atoms with Crippen molar-refractivity contribution >= 4 is 0 Å². The van der Waals surface area contributed by atoms with Crippen molar-refractivity contribution in [2.45, 2.75) is 64.9 Å². The monoisotopic (exact) mass is 208 g/mol. The molecule has 0 aromatic heterocycles. The molecule has 86 valence electrons. The third-order valence-electron chi connectivity index (χ3n) is 3.21. The fraction of sp³-hybridized carbons (Fsp3) is 0.714. The van der Waals surface area contributed by atoms with Crippen LogP contribution in [-0.4, -0.2) is 10.7 Å². The fourth-order valence-corrected chi connectivity index (χ4v) is 2.05. The molecule has 0 aromatic rings. The van der Waals surface area contributed by atoms with E-state index in [2.05, 4.69) is 32.9 Å². The van der Waals surface area contributed by atoms with Crippen LogP contribution in [0.4, 0.5) is 0 Å². The van der Waals surface area contributed by atoms with Crippen molar-refractivity contribution in [1.29, 1.82) is 0 Å². The highest BCUT2D eigenvalue weighted by atomic mass is 16.3. The molecular weight excluding hydrogens is 184 g/mol. The largest absolute Gasteiger partial charge is 0.390 e. The normalized spacial score (nSPS) is 26.0. The second kappa shape index (κ2) is 5.50. The van der Waals surface area contributed by atoms with Gasteiger partial charge in [-0.2, -0.15) is 0 Å². The van der Waals surface area contributed by atoms with Crippen molar-refractivity contribution in [1.82, 2.24) is 0 Å². The topological polar surface area (TPSA) is 20.2 Å². The Morgan fingerprint density at radius 2 is 2.27 bits per heavy atom. The number of rotatable bonds is 4. The quantitative estimate of drug-likeness (QED) is 0.547. The van der Waals surface area contributed by atoms with E-state index in [-0.39, 0.29) is 0 Å². The molecule has 0 saturated carbocycles. The Morgan fingerprint density at radius 1 is 1.53 bits per heavy atom. The zero-order chi connectivity index (χ0) is 11.3. The van der Waals surface area contributed by atoms with Crippen LogP contribution in [-0.2, 0) is 0 Å². The van der Waals surface area contributed by atoms with E-state index in [4.69, 9.17) is 0 Å². The summed E-state index contributed by atoms with van der Waals surface area (Å²) in [5.74, 6) is 0. The third-order valence-corrected chi connectivity index (χ3v) is 3.21. The minimum atomic E-state index is -0.408. The van der Waals surface area contributed by atoms with Crippen LogP contribution in [0, 0.1) is 0 Å². The van der Waals surface area contributed by atoms with E-state index < -0.39 is 5.60 Å². The molecule has 1 atom stereocenters. The van der Waals surface area contributed by atoms with Crippen LogP contribution in [0.25, 0.3) is 0 Å². The summed E-state index contributed by atoms with van der Waals surface area (Å²) in [5, 5.41) is 10.3. The maximum absolute atomic E-state index is 10.3. The molecule has 1 aliphatic carbocycles. The second-order valence-electron chi connectivity index (χ2n) is 5.15. The van der Waals surface area contributed by atoms with E-state index in [0.29, 0.717) is 0 Å². The van der Waals surface area contributed by atoms with Crippen LogP contribution in [0.3, 0.4) is 0 Å². The molecule has 0 bridgehead atoms. The Balaban J connectivity index is 2.29. The predicted octanol–water partition coefficient (Wildman–Crippen LogP) is 3.98. The first-order valence-electron chi connectivity index (χ1n) is 6.03. The first-order chi connectivity index (χ1) is 7.02. The predicted molar refractivity (Wildman–Crippen MR) is 65.8 cm³/mol. The standard InChI is InChI=1S/C14H24O/c1-12(2)6-4-5-9-14(15)10-7-13(3)8-11-14/h6-7,15H,4-5,8-11H2,1-3H3/t14-/m1/s1. The Hall–Kier alpha value is -0.560. The first-order valence-corrected chi connectivity index (χ1v) is 6.03. The summed E-state index contributed by atoms with van der Waals surface area (Å²) in [6.45, 7) is 6.41. The second-order valence-corrected chi connectivity index (χ2v) is 5.15. The summed E-state index contributed by atoms with van der Waals surface area (Å²) in [7, 11) is 0. The van der Waals surface area contributed by atoms with Gasteiger partial charge in [-0.25, -0.2) is 0 Å². The smallest absolute Gasteiger partial charge is 0.0685 e. The lowest BCUT2D eigenvalue weighted by Crippen LogP contribution is -2.30. The van der Waals surface area contributed by atoms with E-state index in [1.165, 1.54) is 11.1 Å². The molecule has 0 saturated heterocycles. The van der Waals surface area contributed by atoms with Crippen molar-refractivity contribution in [2.75, 3.05) is 0 Å². The molecule has 0 unspecified atom stereocenters. The van der Waals surface area contributed by atoms with Gasteiger partial charge in [-0.05, 0) is 59.3 Å². The maximum Gasteiger partial charge on any atom is 0.0685 e. The molecule has 15 heavy (non-hydrogen) atoms. The summed E-state index contributed by atoms with van der Waals surface area (Å²) in [6, 6.07) is 0. The molecule has 0 radical (unpaired) electrons. The average Bonchev–Trinajstić information content (AvgIpc) is 2.18. The molecule has 0 aliphatic heterocycles. The van der Waals surface area contributed by atoms with E-state index in [0.717, 1.165) is 38.5 Å². The summed E-state index contributed by atoms with van der Waals surface area (Å²) < 4.78 is 0. The van der Waals surface area contributed by atoms with Crippen molar-refractivity contribution in [2.24, 2.45) is 0 Å². The van der Waals surface area contributed by atoms with Crippen molar-refractivity contribution in [3.8, 4) is 0 Å². The van der Waals surface area contributed by atoms with Gasteiger partial charge in [-0.3, -0.25) is 0 Å². The van der Waals surface area contributed by atoms with Crippen LogP contribution < -0.4 is 0 Å². The van der Waals surface area contributed by atoms with Crippen LogP contribution in [0.5, 0.6) is 0 Å². The zero-order valence-electron chi connectivity index (χ0n) is 10.3.